The van der Waals surface area contributed by atoms with Crippen molar-refractivity contribution in [1.82, 2.24) is 5.32 Å². The number of hydrogen-bond donors (Lipinski definition) is 2. The Balaban J connectivity index is 1.64. The number of ether oxygens (including phenoxy) is 1. The van der Waals surface area contributed by atoms with Gasteiger partial charge < -0.3 is 15.2 Å². The highest BCUT2D eigenvalue weighted by molar-refractivity contribution is 5.80. The number of nitrogens with zero attached hydrogens (tertiary/aromatic N) is 1. The fourth-order valence-corrected chi connectivity index (χ4v) is 2.68. The first-order chi connectivity index (χ1) is 9.15. The molecule has 0 amide bonds. The minimum absolute atomic E-state index is 0.0300. The van der Waals surface area contributed by atoms with Crippen molar-refractivity contribution in [1.29, 1.82) is 0 Å². The summed E-state index contributed by atoms with van der Waals surface area (Å²) >= 11 is 0. The van der Waals surface area contributed by atoms with E-state index in [9.17, 15) is 9.90 Å². The summed E-state index contributed by atoms with van der Waals surface area (Å²) in [4.78, 5) is 15.3. The lowest BCUT2D eigenvalue weighted by atomic mass is 9.96. The van der Waals surface area contributed by atoms with E-state index in [4.69, 9.17) is 4.74 Å². The maximum Gasteiger partial charge on any atom is 0.132 e. The number of aliphatic hydroxyl groups excluding tert-OH is 1. The molecule has 0 unspecified atom stereocenters. The molecule has 5 heteroatoms. The minimum Gasteiger partial charge on any atom is -0.494 e. The molecule has 1 aliphatic heterocycles. The first-order valence-electron chi connectivity index (χ1n) is 6.68. The van der Waals surface area contributed by atoms with Crippen molar-refractivity contribution in [2.45, 2.75) is 31.9 Å². The molecule has 19 heavy (non-hydrogen) atoms. The Kier molecular flexibility index (Phi) is 3.14. The summed E-state index contributed by atoms with van der Waals surface area (Å²) in [7, 11) is 0. The van der Waals surface area contributed by atoms with Crippen molar-refractivity contribution in [3.05, 3.63) is 23.1 Å². The van der Waals surface area contributed by atoms with Crippen LogP contribution in [-0.2, 0) is 9.53 Å². The lowest BCUT2D eigenvalue weighted by Crippen LogP contribution is -2.32. The van der Waals surface area contributed by atoms with Crippen LogP contribution >= 0.6 is 0 Å². The zero-order chi connectivity index (χ0) is 13.4. The van der Waals surface area contributed by atoms with Crippen molar-refractivity contribution in [2.24, 2.45) is 10.9 Å². The van der Waals surface area contributed by atoms with Gasteiger partial charge in [0.1, 0.15) is 18.1 Å². The van der Waals surface area contributed by atoms with Crippen LogP contribution < -0.4 is 5.32 Å². The van der Waals surface area contributed by atoms with Gasteiger partial charge in [0.25, 0.3) is 0 Å². The monoisotopic (exact) mass is 262 g/mol. The third-order valence-corrected chi connectivity index (χ3v) is 3.61. The summed E-state index contributed by atoms with van der Waals surface area (Å²) in [6.45, 7) is 3.02. The SMILES string of the molecule is CC(=O)C[C@H](O)C=N[C@@H]1CC2=C(NCCO2)C2=C[C@H]21. The topological polar surface area (TPSA) is 70.9 Å². The number of carbonyl (C=O) groups is 1. The molecule has 3 aliphatic rings. The van der Waals surface area contributed by atoms with Crippen molar-refractivity contribution < 1.29 is 14.6 Å². The molecule has 0 saturated carbocycles. The molecule has 0 spiro atoms. The van der Waals surface area contributed by atoms with Crippen LogP contribution in [0.25, 0.3) is 0 Å². The van der Waals surface area contributed by atoms with Crippen LogP contribution in [0.4, 0.5) is 0 Å². The molecule has 2 aliphatic carbocycles. The van der Waals surface area contributed by atoms with Gasteiger partial charge in [-0.25, -0.2) is 0 Å². The van der Waals surface area contributed by atoms with E-state index in [1.54, 1.807) is 0 Å². The number of hydrogen-bond acceptors (Lipinski definition) is 5. The number of rotatable bonds is 4. The molecule has 2 N–H and O–H groups in total. The van der Waals surface area contributed by atoms with E-state index < -0.39 is 6.10 Å². The number of aliphatic imine (C=N–C) groups is 1. The van der Waals surface area contributed by atoms with Gasteiger partial charge in [-0.2, -0.15) is 0 Å². The summed E-state index contributed by atoms with van der Waals surface area (Å²) < 4.78 is 5.67. The second kappa shape index (κ2) is 4.81. The van der Waals surface area contributed by atoms with E-state index in [0.717, 1.165) is 24.4 Å². The highest BCUT2D eigenvalue weighted by atomic mass is 16.5. The van der Waals surface area contributed by atoms with Crippen molar-refractivity contribution in [2.75, 3.05) is 13.2 Å². The molecule has 0 aromatic carbocycles. The normalized spacial score (nSPS) is 29.9. The van der Waals surface area contributed by atoms with Crippen LogP contribution in [0.5, 0.6) is 0 Å². The Bertz CT molecular complexity index is 493. The molecule has 1 heterocycles. The molecule has 0 bridgehead atoms. The smallest absolute Gasteiger partial charge is 0.132 e. The third-order valence-electron chi connectivity index (χ3n) is 3.61. The molecule has 0 fully saturated rings. The summed E-state index contributed by atoms with van der Waals surface area (Å²) in [6, 6.07) is 0.107. The highest BCUT2D eigenvalue weighted by Gasteiger charge is 2.42. The van der Waals surface area contributed by atoms with E-state index >= 15 is 0 Å². The van der Waals surface area contributed by atoms with Gasteiger partial charge in [0.2, 0.25) is 0 Å². The number of fused-ring (bicyclic) bond motifs is 2. The van der Waals surface area contributed by atoms with Gasteiger partial charge in [-0.05, 0) is 12.5 Å². The lowest BCUT2D eigenvalue weighted by molar-refractivity contribution is -0.118. The van der Waals surface area contributed by atoms with Crippen LogP contribution in [0.3, 0.4) is 0 Å². The van der Waals surface area contributed by atoms with Gasteiger partial charge >= 0.3 is 0 Å². The predicted molar refractivity (Wildman–Crippen MR) is 70.8 cm³/mol. The Labute approximate surface area is 112 Å². The molecule has 0 aromatic rings. The van der Waals surface area contributed by atoms with Crippen LogP contribution in [0.15, 0.2) is 28.1 Å². The average Bonchev–Trinajstić information content (AvgIpc) is 3.15. The van der Waals surface area contributed by atoms with E-state index in [1.807, 2.05) is 0 Å². The van der Waals surface area contributed by atoms with Crippen LogP contribution in [0.2, 0.25) is 0 Å². The third kappa shape index (κ3) is 2.56. The Morgan fingerprint density at radius 3 is 3.37 bits per heavy atom. The number of carbonyl (C=O) groups excluding carboxylic acids is 1. The van der Waals surface area contributed by atoms with Gasteiger partial charge in [-0.3, -0.25) is 9.79 Å². The van der Waals surface area contributed by atoms with E-state index in [0.29, 0.717) is 12.5 Å². The number of nitrogens with one attached hydrogen (secondary N) is 1. The van der Waals surface area contributed by atoms with Crippen molar-refractivity contribution in [3.63, 3.8) is 0 Å². The molecule has 0 radical (unpaired) electrons. The largest absolute Gasteiger partial charge is 0.494 e. The Morgan fingerprint density at radius 1 is 1.74 bits per heavy atom. The molecule has 3 atom stereocenters. The van der Waals surface area contributed by atoms with Gasteiger partial charge in [-0.1, -0.05) is 6.08 Å². The second-order valence-electron chi connectivity index (χ2n) is 5.26. The van der Waals surface area contributed by atoms with Gasteiger partial charge in [-0.15, -0.1) is 0 Å². The molecule has 3 rings (SSSR count). The Hall–Kier alpha value is -1.62. The highest BCUT2D eigenvalue weighted by Crippen LogP contribution is 2.46. The number of aliphatic hydroxyl groups is 1. The first kappa shape index (κ1) is 12.4. The maximum atomic E-state index is 10.9. The average molecular weight is 262 g/mol. The quantitative estimate of drug-likeness (QED) is 0.726. The second-order valence-corrected chi connectivity index (χ2v) is 5.26. The minimum atomic E-state index is -0.777. The zero-order valence-electron chi connectivity index (χ0n) is 10.9. The van der Waals surface area contributed by atoms with Crippen molar-refractivity contribution >= 4 is 12.0 Å². The van der Waals surface area contributed by atoms with E-state index in [1.165, 1.54) is 18.7 Å². The maximum absolute atomic E-state index is 10.9. The molecular formula is C14H18N2O3. The fraction of sp³-hybridized carbons (Fsp3) is 0.571. The summed E-state index contributed by atoms with van der Waals surface area (Å²) in [5, 5.41) is 13.0. The first-order valence-corrected chi connectivity index (χ1v) is 6.68. The number of ketones is 1. The number of allylic oxidation sites excluding steroid dienone is 1. The van der Waals surface area contributed by atoms with Gasteiger partial charge in [0, 0.05) is 31.5 Å². The summed E-state index contributed by atoms with van der Waals surface area (Å²) in [5.74, 6) is 1.32. The van der Waals surface area contributed by atoms with Crippen LogP contribution in [0.1, 0.15) is 19.8 Å². The number of Topliss-reactive ketones (excluding diaryl/α,β-unsaturated/α-hetero) is 1. The predicted octanol–water partition coefficient (Wildman–Crippen LogP) is 0.557. The van der Waals surface area contributed by atoms with Gasteiger partial charge in [0.05, 0.1) is 17.8 Å². The molecule has 0 saturated heterocycles. The Morgan fingerprint density at radius 2 is 2.58 bits per heavy atom. The van der Waals surface area contributed by atoms with E-state index in [-0.39, 0.29) is 18.2 Å². The standard InChI is InChI=1S/C14H18N2O3/c1-8(17)4-9(18)7-16-12-6-13-14(11-5-10(11)12)15-2-3-19-13/h5,7,9-10,12,15,18H,2-4,6H2,1H3/t9-,10+,12+/m0/s1. The lowest BCUT2D eigenvalue weighted by Gasteiger charge is -2.28. The zero-order valence-corrected chi connectivity index (χ0v) is 10.9. The van der Waals surface area contributed by atoms with Crippen LogP contribution in [-0.4, -0.2) is 42.4 Å². The summed E-state index contributed by atoms with van der Waals surface area (Å²) in [5.41, 5.74) is 2.43. The summed E-state index contributed by atoms with van der Waals surface area (Å²) in [6.07, 6.45) is 3.80. The van der Waals surface area contributed by atoms with Crippen LogP contribution in [0, 0.1) is 5.92 Å². The molecule has 5 nitrogen and oxygen atoms in total. The molecular weight excluding hydrogens is 244 g/mol. The van der Waals surface area contributed by atoms with Crippen molar-refractivity contribution in [3.8, 4) is 0 Å². The molecule has 0 aromatic heterocycles. The fourth-order valence-electron chi connectivity index (χ4n) is 2.68. The molecule has 102 valence electrons. The van der Waals surface area contributed by atoms with E-state index in [2.05, 4.69) is 16.4 Å². The van der Waals surface area contributed by atoms with Gasteiger partial charge in [0.15, 0.2) is 0 Å².